The van der Waals surface area contributed by atoms with E-state index in [9.17, 15) is 0 Å². The summed E-state index contributed by atoms with van der Waals surface area (Å²) in [5.41, 5.74) is 2.73. The molecule has 0 aliphatic heterocycles. The van der Waals surface area contributed by atoms with Gasteiger partial charge in [-0.25, -0.2) is 0 Å². The van der Waals surface area contributed by atoms with Crippen molar-refractivity contribution in [1.82, 2.24) is 4.90 Å². The van der Waals surface area contributed by atoms with Gasteiger partial charge in [0.15, 0.2) is 0 Å². The number of likely N-dealkylation sites (N-methyl/N-ethyl adjacent to an activating group) is 1. The summed E-state index contributed by atoms with van der Waals surface area (Å²) >= 11 is 6.58. The SMILES string of the molecule is CCCCSc1ccc(C(c2ccccc2)C(CS)N(C)C)cc1. The van der Waals surface area contributed by atoms with Gasteiger partial charge in [-0.1, -0.05) is 55.8 Å². The first kappa shape index (κ1) is 19.4. The van der Waals surface area contributed by atoms with E-state index in [4.69, 9.17) is 0 Å². The molecular weight excluding hydrogens is 330 g/mol. The van der Waals surface area contributed by atoms with Crippen LogP contribution < -0.4 is 0 Å². The van der Waals surface area contributed by atoms with Crippen molar-refractivity contribution < 1.29 is 0 Å². The number of benzene rings is 2. The third-order valence-electron chi connectivity index (χ3n) is 4.40. The van der Waals surface area contributed by atoms with Gasteiger partial charge in [-0.05, 0) is 49.5 Å². The van der Waals surface area contributed by atoms with Crippen LogP contribution in [-0.4, -0.2) is 36.5 Å². The Hall–Kier alpha value is -0.900. The fourth-order valence-electron chi connectivity index (χ4n) is 2.97. The fraction of sp³-hybridized carbons (Fsp3) is 0.429. The van der Waals surface area contributed by atoms with Crippen LogP contribution in [0.3, 0.4) is 0 Å². The summed E-state index contributed by atoms with van der Waals surface area (Å²) in [5, 5.41) is 0. The van der Waals surface area contributed by atoms with Crippen LogP contribution in [0.4, 0.5) is 0 Å². The molecule has 0 saturated carbocycles. The Morgan fingerprint density at radius 1 is 0.958 bits per heavy atom. The zero-order valence-corrected chi connectivity index (χ0v) is 16.7. The Balaban J connectivity index is 2.27. The van der Waals surface area contributed by atoms with Crippen LogP contribution in [0.25, 0.3) is 0 Å². The summed E-state index contributed by atoms with van der Waals surface area (Å²) in [4.78, 5) is 3.65. The van der Waals surface area contributed by atoms with Crippen LogP contribution in [-0.2, 0) is 0 Å². The molecule has 0 radical (unpaired) electrons. The molecule has 1 nitrogen and oxygen atoms in total. The van der Waals surface area contributed by atoms with E-state index in [1.165, 1.54) is 34.6 Å². The minimum Gasteiger partial charge on any atom is -0.305 e. The number of unbranched alkanes of at least 4 members (excludes halogenated alkanes) is 1. The lowest BCUT2D eigenvalue weighted by Crippen LogP contribution is -2.36. The number of rotatable bonds is 9. The van der Waals surface area contributed by atoms with E-state index in [0.29, 0.717) is 12.0 Å². The summed E-state index contributed by atoms with van der Waals surface area (Å²) in [6.07, 6.45) is 2.54. The monoisotopic (exact) mass is 359 g/mol. The minimum absolute atomic E-state index is 0.341. The van der Waals surface area contributed by atoms with Gasteiger partial charge in [-0.2, -0.15) is 12.6 Å². The molecule has 0 bridgehead atoms. The van der Waals surface area contributed by atoms with Crippen LogP contribution in [0.5, 0.6) is 0 Å². The molecule has 0 N–H and O–H groups in total. The highest BCUT2D eigenvalue weighted by molar-refractivity contribution is 7.99. The lowest BCUT2D eigenvalue weighted by molar-refractivity contribution is 0.294. The maximum atomic E-state index is 4.63. The van der Waals surface area contributed by atoms with Crippen LogP contribution in [0.2, 0.25) is 0 Å². The normalized spacial score (nSPS) is 13.9. The molecule has 2 atom stereocenters. The van der Waals surface area contributed by atoms with Gasteiger partial charge in [-0.3, -0.25) is 0 Å². The molecule has 3 heteroatoms. The summed E-state index contributed by atoms with van der Waals surface area (Å²) in [6.45, 7) is 2.24. The van der Waals surface area contributed by atoms with E-state index in [-0.39, 0.29) is 0 Å². The first-order valence-corrected chi connectivity index (χ1v) is 10.3. The molecule has 0 aromatic heterocycles. The maximum absolute atomic E-state index is 4.63. The van der Waals surface area contributed by atoms with Gasteiger partial charge < -0.3 is 4.90 Å². The van der Waals surface area contributed by atoms with E-state index < -0.39 is 0 Å². The first-order valence-electron chi connectivity index (χ1n) is 8.72. The smallest absolute Gasteiger partial charge is 0.0287 e. The van der Waals surface area contributed by atoms with Crippen LogP contribution in [0.1, 0.15) is 36.8 Å². The molecule has 2 aromatic carbocycles. The highest BCUT2D eigenvalue weighted by Gasteiger charge is 2.25. The number of nitrogens with zero attached hydrogens (tertiary/aromatic N) is 1. The van der Waals surface area contributed by atoms with Crippen molar-refractivity contribution >= 4 is 24.4 Å². The second-order valence-corrected chi connectivity index (χ2v) is 7.91. The quantitative estimate of drug-likeness (QED) is 0.354. The molecule has 2 aromatic rings. The first-order chi connectivity index (χ1) is 11.7. The summed E-state index contributed by atoms with van der Waals surface area (Å²) in [6, 6.07) is 20.3. The van der Waals surface area contributed by atoms with Gasteiger partial charge in [0.25, 0.3) is 0 Å². The molecule has 0 saturated heterocycles. The number of hydrogen-bond donors (Lipinski definition) is 1. The van der Waals surface area contributed by atoms with Gasteiger partial charge in [0, 0.05) is 22.6 Å². The largest absolute Gasteiger partial charge is 0.305 e. The molecule has 2 unspecified atom stereocenters. The lowest BCUT2D eigenvalue weighted by Gasteiger charge is -2.32. The van der Waals surface area contributed by atoms with Crippen LogP contribution in [0.15, 0.2) is 59.5 Å². The van der Waals surface area contributed by atoms with Crippen molar-refractivity contribution in [2.45, 2.75) is 36.6 Å². The van der Waals surface area contributed by atoms with Crippen molar-refractivity contribution in [2.24, 2.45) is 0 Å². The van der Waals surface area contributed by atoms with Gasteiger partial charge in [0.1, 0.15) is 0 Å². The molecule has 0 heterocycles. The van der Waals surface area contributed by atoms with Crippen molar-refractivity contribution in [3.63, 3.8) is 0 Å². The Labute approximate surface area is 157 Å². The Morgan fingerprint density at radius 2 is 1.58 bits per heavy atom. The fourth-order valence-corrected chi connectivity index (χ4v) is 4.50. The maximum Gasteiger partial charge on any atom is 0.0287 e. The van der Waals surface area contributed by atoms with Crippen molar-refractivity contribution in [2.75, 3.05) is 25.6 Å². The van der Waals surface area contributed by atoms with Crippen molar-refractivity contribution in [3.05, 3.63) is 65.7 Å². The third-order valence-corrected chi connectivity index (χ3v) is 5.87. The molecule has 2 rings (SSSR count). The zero-order valence-electron chi connectivity index (χ0n) is 15.0. The Kier molecular flexibility index (Phi) is 8.23. The topological polar surface area (TPSA) is 3.24 Å². The minimum atomic E-state index is 0.341. The third kappa shape index (κ3) is 5.30. The van der Waals surface area contributed by atoms with E-state index in [1.807, 2.05) is 11.8 Å². The average Bonchev–Trinajstić information content (AvgIpc) is 2.61. The molecule has 24 heavy (non-hydrogen) atoms. The standard InChI is InChI=1S/C21H29NS2/c1-4-5-15-24-19-13-11-18(12-14-19)21(20(16-23)22(2)3)17-9-7-6-8-10-17/h6-14,20-21,23H,4-5,15-16H2,1-3H3. The molecule has 0 aliphatic carbocycles. The molecule has 0 aliphatic rings. The molecule has 0 fully saturated rings. The second kappa shape index (κ2) is 10.2. The summed E-state index contributed by atoms with van der Waals surface area (Å²) < 4.78 is 0. The predicted octanol–water partition coefficient (Wildman–Crippen LogP) is 5.57. The Bertz CT molecular complexity index is 581. The van der Waals surface area contributed by atoms with E-state index >= 15 is 0 Å². The average molecular weight is 360 g/mol. The van der Waals surface area contributed by atoms with Crippen LogP contribution >= 0.6 is 24.4 Å². The highest BCUT2D eigenvalue weighted by atomic mass is 32.2. The van der Waals surface area contributed by atoms with Gasteiger partial charge in [0.05, 0.1) is 0 Å². The molecular formula is C21H29NS2. The predicted molar refractivity (Wildman–Crippen MR) is 112 cm³/mol. The van der Waals surface area contributed by atoms with Gasteiger partial charge >= 0.3 is 0 Å². The molecule has 130 valence electrons. The van der Waals surface area contributed by atoms with E-state index in [1.54, 1.807) is 0 Å². The zero-order chi connectivity index (χ0) is 17.4. The highest BCUT2D eigenvalue weighted by Crippen LogP contribution is 2.32. The number of thioether (sulfide) groups is 1. The second-order valence-electron chi connectivity index (χ2n) is 6.37. The Morgan fingerprint density at radius 3 is 2.12 bits per heavy atom. The number of hydrogen-bond acceptors (Lipinski definition) is 3. The van der Waals surface area contributed by atoms with Crippen molar-refractivity contribution in [3.8, 4) is 0 Å². The van der Waals surface area contributed by atoms with E-state index in [2.05, 4.69) is 93.1 Å². The van der Waals surface area contributed by atoms with Gasteiger partial charge in [0.2, 0.25) is 0 Å². The number of thiol groups is 1. The summed E-state index contributed by atoms with van der Waals surface area (Å²) in [7, 11) is 4.29. The lowest BCUT2D eigenvalue weighted by atomic mass is 9.85. The summed E-state index contributed by atoms with van der Waals surface area (Å²) in [5.74, 6) is 2.38. The van der Waals surface area contributed by atoms with Crippen molar-refractivity contribution in [1.29, 1.82) is 0 Å². The molecule has 0 amide bonds. The van der Waals surface area contributed by atoms with Gasteiger partial charge in [-0.15, -0.1) is 11.8 Å². The molecule has 0 spiro atoms. The van der Waals surface area contributed by atoms with E-state index in [0.717, 1.165) is 5.75 Å². The van der Waals surface area contributed by atoms with Crippen LogP contribution in [0, 0.1) is 0 Å².